The van der Waals surface area contributed by atoms with Gasteiger partial charge in [-0.1, -0.05) is 6.07 Å². The van der Waals surface area contributed by atoms with Crippen LogP contribution in [-0.4, -0.2) is 58.0 Å². The Morgan fingerprint density at radius 2 is 1.88 bits per heavy atom. The molecule has 3 aromatic rings. The number of imidazole rings is 2. The molecule has 173 valence electrons. The molecule has 5 N–H and O–H groups in total. The van der Waals surface area contributed by atoms with Crippen molar-refractivity contribution >= 4 is 63.2 Å². The van der Waals surface area contributed by atoms with Crippen molar-refractivity contribution in [3.05, 3.63) is 41.4 Å². The van der Waals surface area contributed by atoms with Gasteiger partial charge in [0.05, 0.1) is 30.8 Å². The van der Waals surface area contributed by atoms with Gasteiger partial charge >= 0.3 is 24.6 Å². The van der Waals surface area contributed by atoms with E-state index in [9.17, 15) is 19.2 Å². The molecule has 2 aromatic heterocycles. The van der Waals surface area contributed by atoms with Gasteiger partial charge in [0.2, 0.25) is 6.09 Å². The Morgan fingerprint density at radius 1 is 1.15 bits per heavy atom. The maximum absolute atomic E-state index is 11.7. The van der Waals surface area contributed by atoms with Gasteiger partial charge in [-0.2, -0.15) is 8.58 Å². The molecule has 33 heavy (non-hydrogen) atoms. The van der Waals surface area contributed by atoms with Crippen LogP contribution in [0.4, 0.5) is 14.4 Å². The monoisotopic (exact) mass is 530 g/mol. The predicted molar refractivity (Wildman–Crippen MR) is 120 cm³/mol. The van der Waals surface area contributed by atoms with Crippen LogP contribution in [0.15, 0.2) is 24.4 Å². The number of fused-ring (bicyclic) bond motifs is 1. The third-order valence-corrected chi connectivity index (χ3v) is 5.04. The summed E-state index contributed by atoms with van der Waals surface area (Å²) in [5, 5.41) is 0. The van der Waals surface area contributed by atoms with Gasteiger partial charge in [-0.05, 0) is 17.7 Å². The third kappa shape index (κ3) is 9.59. The molecule has 3 amide bonds. The zero-order chi connectivity index (χ0) is 23.5. The van der Waals surface area contributed by atoms with E-state index in [1.165, 1.54) is 7.11 Å². The van der Waals surface area contributed by atoms with Gasteiger partial charge in [0.1, 0.15) is 5.57 Å². The van der Waals surface area contributed by atoms with Crippen LogP contribution in [0.1, 0.15) is 11.3 Å². The first-order valence-electron chi connectivity index (χ1n) is 8.70. The third-order valence-electron chi connectivity index (χ3n) is 3.62. The average Bonchev–Trinajstić information content (AvgIpc) is 3.38. The number of nitrogens with zero attached hydrogens (tertiary/aromatic N) is 2. The standard InChI is InChI=1S/C15H15N6O4P2.C2H5NO2.V/c1-25-14(23)20-21-15(24)27-12-16-6-9(17-12)4-8-2-3-10-11(5-8)19-13(18-10)26-7-22;1-5-2(3)4;/h2-3,5-6,26-27H,4H2,1H3,(H,16,17)(H,18,19)(H,20,23)(H,21,24);1H3,(H2,3,4);/q-1;;+2/p-1. The number of carbonyl (C=O) groups is 3. The van der Waals surface area contributed by atoms with Gasteiger partial charge < -0.3 is 30.0 Å². The van der Waals surface area contributed by atoms with E-state index in [0.29, 0.717) is 17.6 Å². The van der Waals surface area contributed by atoms with Crippen LogP contribution < -0.4 is 22.0 Å². The number of hydrogen-bond donors (Lipinski definition) is 4. The molecular formula is C17H19N7O6P2V. The van der Waals surface area contributed by atoms with Crippen molar-refractivity contribution in [3.63, 3.8) is 0 Å². The summed E-state index contributed by atoms with van der Waals surface area (Å²) in [6, 6.07) is 7.62. The summed E-state index contributed by atoms with van der Waals surface area (Å²) in [5.74, 6) is 0. The summed E-state index contributed by atoms with van der Waals surface area (Å²) < 4.78 is 8.13. The second kappa shape index (κ2) is 14.2. The van der Waals surface area contributed by atoms with Crippen LogP contribution in [0.5, 0.6) is 0 Å². The summed E-state index contributed by atoms with van der Waals surface area (Å²) in [5.41, 5.74) is 14.5. The van der Waals surface area contributed by atoms with E-state index < -0.39 is 17.8 Å². The first-order valence-corrected chi connectivity index (χ1v) is 10.7. The van der Waals surface area contributed by atoms with E-state index in [1.54, 1.807) is 6.20 Å². The maximum atomic E-state index is 11.7. The van der Waals surface area contributed by atoms with Gasteiger partial charge in [-0.3, -0.25) is 15.0 Å². The Balaban J connectivity index is 0.000000821. The van der Waals surface area contributed by atoms with Crippen LogP contribution >= 0.6 is 17.2 Å². The van der Waals surface area contributed by atoms with E-state index in [4.69, 9.17) is 5.73 Å². The van der Waals surface area contributed by atoms with Gasteiger partial charge in [0, 0.05) is 26.9 Å². The molecule has 0 saturated heterocycles. The molecule has 2 heterocycles. The average molecular weight is 530 g/mol. The normalized spacial score (nSPS) is 10.4. The molecule has 0 bridgehead atoms. The number of aromatic nitrogens is 4. The number of nitrogens with one attached hydrogen (secondary N) is 5. The zero-order valence-electron chi connectivity index (χ0n) is 17.3. The maximum Gasteiger partial charge on any atom is 2.00 e. The van der Waals surface area contributed by atoms with Gasteiger partial charge in [0.15, 0.2) is 0 Å². The minimum atomic E-state index is -0.995. The van der Waals surface area contributed by atoms with E-state index in [2.05, 4.69) is 40.3 Å². The Hall–Kier alpha value is -2.98. The fourth-order valence-electron chi connectivity index (χ4n) is 2.30. The Kier molecular flexibility index (Phi) is 12.1. The van der Waals surface area contributed by atoms with Crippen LogP contribution in [0.25, 0.3) is 16.8 Å². The van der Waals surface area contributed by atoms with Crippen molar-refractivity contribution in [2.45, 2.75) is 6.42 Å². The molecule has 0 aliphatic heterocycles. The Morgan fingerprint density at radius 3 is 2.52 bits per heavy atom. The quantitative estimate of drug-likeness (QED) is 0.208. The number of hydrazine groups is 1. The number of hydrogen-bond acceptors (Lipinski definition) is 8. The van der Waals surface area contributed by atoms with Gasteiger partial charge in [0.25, 0.3) is 5.65 Å². The second-order valence-corrected chi connectivity index (χ2v) is 7.89. The fraction of sp³-hybridized carbons (Fsp3) is 0.176. The first kappa shape index (κ1) is 28.1. The van der Waals surface area contributed by atoms with E-state index in [-0.39, 0.29) is 35.7 Å². The van der Waals surface area contributed by atoms with Crippen molar-refractivity contribution in [2.75, 3.05) is 14.2 Å². The molecule has 2 unspecified atom stereocenters. The molecule has 0 saturated carbocycles. The van der Waals surface area contributed by atoms with Crippen LogP contribution in [0, 0.1) is 0 Å². The number of rotatable bonds is 6. The summed E-state index contributed by atoms with van der Waals surface area (Å²) in [6.45, 7) is 0. The molecule has 0 aliphatic rings. The van der Waals surface area contributed by atoms with E-state index >= 15 is 0 Å². The van der Waals surface area contributed by atoms with Crippen molar-refractivity contribution in [3.8, 4) is 0 Å². The number of benzene rings is 1. The second-order valence-electron chi connectivity index (χ2n) is 5.79. The molecule has 13 nitrogen and oxygen atoms in total. The molecule has 1 aromatic carbocycles. The first-order chi connectivity index (χ1) is 15.3. The molecule has 0 spiro atoms. The largest absolute Gasteiger partial charge is 2.00 e. The van der Waals surface area contributed by atoms with E-state index in [1.807, 2.05) is 24.2 Å². The summed E-state index contributed by atoms with van der Waals surface area (Å²) in [7, 11) is 1.95. The number of H-pyrrole nitrogens is 2. The molecule has 1 radical (unpaired) electrons. The van der Waals surface area contributed by atoms with E-state index in [0.717, 1.165) is 29.4 Å². The number of aromatic amines is 2. The number of amides is 3. The smallest absolute Gasteiger partial charge is 0.632 e. The predicted octanol–water partition coefficient (Wildman–Crippen LogP) is 1.33. The van der Waals surface area contributed by atoms with Gasteiger partial charge in [-0.25, -0.2) is 26.2 Å². The SMILES string of the molecule is COC(=O)NNC(=O)Pc1ncc(Cc2ccc3nc(P[C-]=O)[nH]c3c2)[nH]1.COC([NH-])=O.[V+2]. The van der Waals surface area contributed by atoms with Gasteiger partial charge in [-0.15, -0.1) is 0 Å². The number of ether oxygens (including phenoxy) is 2. The molecule has 0 fully saturated rings. The van der Waals surface area contributed by atoms with Crippen molar-refractivity contribution in [1.29, 1.82) is 0 Å². The van der Waals surface area contributed by atoms with Crippen LogP contribution in [0.3, 0.4) is 0 Å². The van der Waals surface area contributed by atoms with Crippen molar-refractivity contribution < 1.29 is 47.2 Å². The molecule has 2 atom stereocenters. The van der Waals surface area contributed by atoms with Crippen molar-refractivity contribution in [2.24, 2.45) is 0 Å². The topological polar surface area (TPSA) is 192 Å². The number of methoxy groups -OCH3 is 2. The minimum absolute atomic E-state index is 0. The van der Waals surface area contributed by atoms with Crippen molar-refractivity contribution in [1.82, 2.24) is 30.8 Å². The summed E-state index contributed by atoms with van der Waals surface area (Å²) >= 11 is 0. The zero-order valence-corrected chi connectivity index (χ0v) is 20.7. The Labute approximate surface area is 203 Å². The minimum Gasteiger partial charge on any atom is -0.632 e. The summed E-state index contributed by atoms with van der Waals surface area (Å²) in [4.78, 5) is 57.1. The molecule has 16 heteroatoms. The number of carbonyl (C=O) groups excluding carboxylic acids is 4. The molecule has 3 rings (SSSR count). The molecular weight excluding hydrogens is 511 g/mol. The fourth-order valence-corrected chi connectivity index (χ4v) is 3.47. The summed E-state index contributed by atoms with van der Waals surface area (Å²) in [6.07, 6.45) is 0.503. The molecule has 0 aliphatic carbocycles. The van der Waals surface area contributed by atoms with Crippen LogP contribution in [-0.2, 0) is 39.2 Å². The van der Waals surface area contributed by atoms with Crippen LogP contribution in [0.2, 0.25) is 0 Å². The Bertz CT molecular complexity index is 1110.